The molecule has 0 unspecified atom stereocenters. The minimum atomic E-state index is -1.19. The maximum atomic E-state index is 13.5. The van der Waals surface area contributed by atoms with E-state index in [0.29, 0.717) is 18.2 Å². The maximum absolute atomic E-state index is 13.5. The molecule has 2 aromatic rings. The molecule has 103 valence electrons. The molecule has 2 aromatic carbocycles. The van der Waals surface area contributed by atoms with Crippen LogP contribution in [-0.2, 0) is 0 Å². The Kier molecular flexibility index (Phi) is 3.97. The largest absolute Gasteiger partial charge is 0.494 e. The van der Waals surface area contributed by atoms with Gasteiger partial charge in [-0.3, -0.25) is 0 Å². The minimum Gasteiger partial charge on any atom is -0.494 e. The van der Waals surface area contributed by atoms with Crippen LogP contribution in [0, 0.1) is 29.1 Å². The first-order valence-electron chi connectivity index (χ1n) is 5.44. The first-order valence-corrected chi connectivity index (χ1v) is 5.44. The van der Waals surface area contributed by atoms with Crippen molar-refractivity contribution in [2.75, 3.05) is 7.11 Å². The molecule has 1 nitrogen and oxygen atoms in total. The van der Waals surface area contributed by atoms with Crippen molar-refractivity contribution in [2.45, 2.75) is 0 Å². The highest BCUT2D eigenvalue weighted by Crippen LogP contribution is 2.15. The van der Waals surface area contributed by atoms with E-state index in [1.54, 1.807) is 0 Å². The van der Waals surface area contributed by atoms with Gasteiger partial charge < -0.3 is 4.74 Å². The van der Waals surface area contributed by atoms with Crippen LogP contribution in [0.1, 0.15) is 0 Å². The van der Waals surface area contributed by atoms with Crippen molar-refractivity contribution < 1.29 is 26.7 Å². The summed E-state index contributed by atoms with van der Waals surface area (Å²) in [5, 5.41) is 0. The first-order chi connectivity index (χ1) is 9.42. The lowest BCUT2D eigenvalue weighted by atomic mass is 9.63. The van der Waals surface area contributed by atoms with E-state index in [9.17, 15) is 22.0 Å². The molecular weight excluding hydrogens is 278 g/mol. The smallest absolute Gasteiger partial charge is 0.203 e. The van der Waals surface area contributed by atoms with E-state index >= 15 is 0 Å². The number of hydrogen-bond donors (Lipinski definition) is 0. The zero-order valence-corrected chi connectivity index (χ0v) is 10.2. The summed E-state index contributed by atoms with van der Waals surface area (Å²) in [7, 11) is 1.97. The number of ether oxygens (including phenoxy) is 1. The van der Waals surface area contributed by atoms with E-state index < -0.39 is 34.5 Å². The second-order valence-electron chi connectivity index (χ2n) is 3.94. The van der Waals surface area contributed by atoms with Gasteiger partial charge in [-0.05, 0) is 17.0 Å². The van der Waals surface area contributed by atoms with Crippen molar-refractivity contribution in [3.63, 3.8) is 0 Å². The second-order valence-corrected chi connectivity index (χ2v) is 3.94. The topological polar surface area (TPSA) is 9.23 Å². The van der Waals surface area contributed by atoms with Crippen molar-refractivity contribution in [1.82, 2.24) is 0 Å². The van der Waals surface area contributed by atoms with Crippen LogP contribution in [0.2, 0.25) is 0 Å². The summed E-state index contributed by atoms with van der Waals surface area (Å²) in [6.07, 6.45) is 0. The Hall–Kier alpha value is -2.05. The zero-order valence-electron chi connectivity index (χ0n) is 10.2. The van der Waals surface area contributed by atoms with Crippen molar-refractivity contribution in [2.24, 2.45) is 0 Å². The predicted molar refractivity (Wildman–Crippen MR) is 64.2 cm³/mol. The SMILES string of the molecule is COc1cc([B]c2c(F)cc(F)cc2F)c(F)cc1F. The summed E-state index contributed by atoms with van der Waals surface area (Å²) in [6, 6.07) is 2.41. The van der Waals surface area contributed by atoms with Crippen LogP contribution < -0.4 is 15.7 Å². The highest BCUT2D eigenvalue weighted by Gasteiger charge is 2.17. The molecule has 0 spiro atoms. The molecule has 0 heterocycles. The standard InChI is InChI=1S/C13H7BF5O/c1-20-12-4-7(8(16)5-9(12)17)14-13-10(18)2-6(15)3-11(13)19/h2-5H,1H3. The fourth-order valence-electron chi connectivity index (χ4n) is 1.66. The zero-order chi connectivity index (χ0) is 14.9. The Morgan fingerprint density at radius 2 is 1.40 bits per heavy atom. The van der Waals surface area contributed by atoms with Crippen molar-refractivity contribution in [3.05, 3.63) is 53.4 Å². The van der Waals surface area contributed by atoms with Crippen LogP contribution in [0.3, 0.4) is 0 Å². The van der Waals surface area contributed by atoms with Gasteiger partial charge in [-0.15, -0.1) is 0 Å². The third kappa shape index (κ3) is 2.76. The Morgan fingerprint density at radius 1 is 0.800 bits per heavy atom. The van der Waals surface area contributed by atoms with Crippen LogP contribution in [0.25, 0.3) is 0 Å². The molecule has 0 aliphatic carbocycles. The van der Waals surface area contributed by atoms with Gasteiger partial charge in [0.15, 0.2) is 11.6 Å². The lowest BCUT2D eigenvalue weighted by molar-refractivity contribution is 0.385. The van der Waals surface area contributed by atoms with E-state index in [1.165, 1.54) is 7.11 Å². The molecule has 0 fully saturated rings. The van der Waals surface area contributed by atoms with Gasteiger partial charge in [0.05, 0.1) is 7.11 Å². The van der Waals surface area contributed by atoms with Gasteiger partial charge >= 0.3 is 0 Å². The molecule has 20 heavy (non-hydrogen) atoms. The normalized spacial score (nSPS) is 10.5. The minimum absolute atomic E-state index is 0.277. The van der Waals surface area contributed by atoms with E-state index in [0.717, 1.165) is 13.3 Å². The van der Waals surface area contributed by atoms with E-state index in [-0.39, 0.29) is 11.2 Å². The average Bonchev–Trinajstić information content (AvgIpc) is 2.35. The number of hydrogen-bond acceptors (Lipinski definition) is 1. The molecule has 1 radical (unpaired) electrons. The Bertz CT molecular complexity index is 636. The molecule has 0 saturated carbocycles. The van der Waals surface area contributed by atoms with Crippen LogP contribution in [0.15, 0.2) is 24.3 Å². The van der Waals surface area contributed by atoms with Crippen molar-refractivity contribution >= 4 is 18.2 Å². The fraction of sp³-hybridized carbons (Fsp3) is 0.0769. The van der Waals surface area contributed by atoms with Crippen LogP contribution >= 0.6 is 0 Å². The molecule has 0 saturated heterocycles. The van der Waals surface area contributed by atoms with Gasteiger partial charge in [-0.1, -0.05) is 0 Å². The van der Waals surface area contributed by atoms with E-state index in [4.69, 9.17) is 0 Å². The molecule has 0 aromatic heterocycles. The van der Waals surface area contributed by atoms with Gasteiger partial charge in [0, 0.05) is 18.2 Å². The monoisotopic (exact) mass is 285 g/mol. The highest BCUT2D eigenvalue weighted by atomic mass is 19.2. The summed E-state index contributed by atoms with van der Waals surface area (Å²) >= 11 is 0. The molecule has 0 amide bonds. The maximum Gasteiger partial charge on any atom is 0.203 e. The van der Waals surface area contributed by atoms with Crippen LogP contribution in [0.4, 0.5) is 22.0 Å². The highest BCUT2D eigenvalue weighted by molar-refractivity contribution is 6.67. The summed E-state index contributed by atoms with van der Waals surface area (Å²) < 4.78 is 71.1. The fourth-order valence-corrected chi connectivity index (χ4v) is 1.66. The molecule has 2 rings (SSSR count). The number of benzene rings is 2. The van der Waals surface area contributed by atoms with Crippen molar-refractivity contribution in [3.8, 4) is 5.75 Å². The van der Waals surface area contributed by atoms with E-state index in [2.05, 4.69) is 4.74 Å². The molecule has 0 atom stereocenters. The van der Waals surface area contributed by atoms with Crippen LogP contribution in [0.5, 0.6) is 5.75 Å². The summed E-state index contributed by atoms with van der Waals surface area (Å²) in [5.74, 6) is -5.71. The predicted octanol–water partition coefficient (Wildman–Crippen LogP) is 2.05. The first kappa shape index (κ1) is 14.4. The molecular formula is C13H7BF5O. The third-order valence-electron chi connectivity index (χ3n) is 2.61. The lowest BCUT2D eigenvalue weighted by Crippen LogP contribution is -2.34. The molecule has 0 N–H and O–H groups in total. The van der Waals surface area contributed by atoms with Gasteiger partial charge in [-0.25, -0.2) is 22.0 Å². The van der Waals surface area contributed by atoms with Crippen molar-refractivity contribution in [1.29, 1.82) is 0 Å². The summed E-state index contributed by atoms with van der Waals surface area (Å²) in [5.41, 5.74) is -0.911. The molecule has 0 aliphatic heterocycles. The quantitative estimate of drug-likeness (QED) is 0.619. The number of methoxy groups -OCH3 is 1. The molecule has 7 heteroatoms. The number of rotatable bonds is 3. The van der Waals surface area contributed by atoms with Gasteiger partial charge in [0.2, 0.25) is 7.28 Å². The van der Waals surface area contributed by atoms with Gasteiger partial charge in [0.25, 0.3) is 0 Å². The van der Waals surface area contributed by atoms with Gasteiger partial charge in [0.1, 0.15) is 23.3 Å². The third-order valence-corrected chi connectivity index (χ3v) is 2.61. The summed E-state index contributed by atoms with van der Waals surface area (Å²) in [4.78, 5) is 0. The molecule has 0 aliphatic rings. The summed E-state index contributed by atoms with van der Waals surface area (Å²) in [6.45, 7) is 0. The Labute approximate surface area is 112 Å². The number of halogens is 5. The Morgan fingerprint density at radius 3 is 1.95 bits per heavy atom. The Balaban J connectivity index is 2.45. The molecule has 0 bridgehead atoms. The average molecular weight is 285 g/mol. The lowest BCUT2D eigenvalue weighted by Gasteiger charge is -2.08. The van der Waals surface area contributed by atoms with Crippen LogP contribution in [-0.4, -0.2) is 14.4 Å². The van der Waals surface area contributed by atoms with Gasteiger partial charge in [-0.2, -0.15) is 0 Å². The second kappa shape index (κ2) is 5.52. The van der Waals surface area contributed by atoms with E-state index in [1.807, 2.05) is 0 Å².